The van der Waals surface area contributed by atoms with Crippen molar-refractivity contribution in [2.24, 2.45) is 0 Å². The Labute approximate surface area is 296 Å². The number of halogens is 2. The lowest BCUT2D eigenvalue weighted by atomic mass is 10.1. The average molecular weight is 693 g/mol. The molecule has 6 rings (SSSR count). The third-order valence-electron chi connectivity index (χ3n) is 8.28. The first kappa shape index (κ1) is 34.6. The van der Waals surface area contributed by atoms with Crippen molar-refractivity contribution in [1.82, 2.24) is 19.8 Å². The number of rotatable bonds is 13. The minimum atomic E-state index is -0.273. The number of benzene rings is 3. The van der Waals surface area contributed by atoms with Gasteiger partial charge in [0.15, 0.2) is 5.75 Å². The summed E-state index contributed by atoms with van der Waals surface area (Å²) in [5.74, 6) is 1.86. The summed E-state index contributed by atoms with van der Waals surface area (Å²) in [5, 5.41) is 0.425. The van der Waals surface area contributed by atoms with Crippen molar-refractivity contribution in [1.29, 1.82) is 0 Å². The molecule has 0 bridgehead atoms. The summed E-state index contributed by atoms with van der Waals surface area (Å²) in [6, 6.07) is 27.5. The predicted molar refractivity (Wildman–Crippen MR) is 192 cm³/mol. The van der Waals surface area contributed by atoms with E-state index in [1.807, 2.05) is 36.1 Å². The zero-order valence-electron chi connectivity index (χ0n) is 27.8. The predicted octanol–water partition coefficient (Wildman–Crippen LogP) is 7.93. The molecule has 8 nitrogen and oxygen atoms in total. The quantitative estimate of drug-likeness (QED) is 0.116. The number of carbonyl (C=O) groups is 1. The molecule has 1 saturated heterocycles. The minimum absolute atomic E-state index is 0.0273. The van der Waals surface area contributed by atoms with Crippen molar-refractivity contribution in [2.75, 3.05) is 32.8 Å². The van der Waals surface area contributed by atoms with Crippen LogP contribution in [0.3, 0.4) is 0 Å². The number of hydrogen-bond donors (Lipinski definition) is 0. The molecular weight excluding hydrogens is 655 g/mol. The van der Waals surface area contributed by atoms with E-state index in [4.69, 9.17) is 25.8 Å². The summed E-state index contributed by atoms with van der Waals surface area (Å²) in [4.78, 5) is 25.8. The van der Waals surface area contributed by atoms with E-state index in [2.05, 4.69) is 39.1 Å². The van der Waals surface area contributed by atoms with E-state index in [1.165, 1.54) is 23.3 Å². The molecule has 0 saturated carbocycles. The van der Waals surface area contributed by atoms with Crippen LogP contribution in [0.25, 0.3) is 6.08 Å². The highest BCUT2D eigenvalue weighted by Gasteiger charge is 2.20. The molecule has 0 N–H and O–H groups in total. The van der Waals surface area contributed by atoms with Crippen LogP contribution in [0.1, 0.15) is 27.9 Å². The van der Waals surface area contributed by atoms with Crippen LogP contribution in [-0.4, -0.2) is 58.5 Å². The van der Waals surface area contributed by atoms with Crippen molar-refractivity contribution in [3.8, 4) is 23.1 Å². The van der Waals surface area contributed by atoms with Gasteiger partial charge in [-0.15, -0.1) is 0 Å². The van der Waals surface area contributed by atoms with Crippen LogP contribution < -0.4 is 14.2 Å². The normalized spacial score (nSPS) is 13.4. The van der Waals surface area contributed by atoms with E-state index in [9.17, 15) is 9.18 Å². The van der Waals surface area contributed by atoms with E-state index in [-0.39, 0.29) is 11.7 Å². The first-order chi connectivity index (χ1) is 24.4. The Hall–Kier alpha value is -5.25. The third-order valence-corrected chi connectivity index (χ3v) is 8.57. The van der Waals surface area contributed by atoms with Crippen LogP contribution in [0.5, 0.6) is 23.1 Å². The molecule has 256 valence electrons. The molecule has 1 aliphatic rings. The third kappa shape index (κ3) is 9.90. The zero-order chi connectivity index (χ0) is 34.7. The summed E-state index contributed by atoms with van der Waals surface area (Å²) in [6.45, 7) is 6.53. The topological polar surface area (TPSA) is 77.0 Å². The molecular formula is C40H38ClFN4O4. The Morgan fingerprint density at radius 1 is 0.880 bits per heavy atom. The lowest BCUT2D eigenvalue weighted by Gasteiger charge is -2.34. The number of amides is 1. The highest BCUT2D eigenvalue weighted by atomic mass is 35.5. The van der Waals surface area contributed by atoms with Gasteiger partial charge in [0, 0.05) is 57.5 Å². The molecule has 0 aliphatic carbocycles. The summed E-state index contributed by atoms with van der Waals surface area (Å²) >= 11 is 6.60. The molecule has 2 aromatic heterocycles. The van der Waals surface area contributed by atoms with Gasteiger partial charge in [0.25, 0.3) is 0 Å². The first-order valence-corrected chi connectivity index (χ1v) is 16.9. The van der Waals surface area contributed by atoms with Crippen molar-refractivity contribution in [3.05, 3.63) is 148 Å². The maximum absolute atomic E-state index is 13.1. The molecule has 3 heterocycles. The fraction of sp³-hybridized carbons (Fsp3) is 0.225. The van der Waals surface area contributed by atoms with Crippen LogP contribution >= 0.6 is 11.6 Å². The number of piperazine rings is 1. The SMILES string of the molecule is Cc1cc(/C=C/C(=O)N2CCN(Cc3ccc(CCOc4ccc(F)cc4)cc3)CC2)cc(Cl)c1Oc1ccc(OCc2ccccn2)cn1. The van der Waals surface area contributed by atoms with Gasteiger partial charge in [-0.3, -0.25) is 14.7 Å². The Bertz CT molecular complexity index is 1860. The van der Waals surface area contributed by atoms with Gasteiger partial charge in [0.1, 0.15) is 23.9 Å². The van der Waals surface area contributed by atoms with E-state index in [0.717, 1.165) is 42.9 Å². The molecule has 1 aliphatic heterocycles. The van der Waals surface area contributed by atoms with Crippen molar-refractivity contribution >= 4 is 23.6 Å². The Balaban J connectivity index is 0.933. The van der Waals surface area contributed by atoms with Crippen molar-refractivity contribution in [2.45, 2.75) is 26.5 Å². The molecule has 10 heteroatoms. The molecule has 1 fully saturated rings. The molecule has 0 radical (unpaired) electrons. The molecule has 0 spiro atoms. The van der Waals surface area contributed by atoms with Crippen molar-refractivity contribution < 1.29 is 23.4 Å². The van der Waals surface area contributed by atoms with Crippen LogP contribution in [0.2, 0.25) is 5.02 Å². The number of aryl methyl sites for hydroxylation is 1. The second-order valence-electron chi connectivity index (χ2n) is 12.0. The fourth-order valence-electron chi connectivity index (χ4n) is 5.53. The van der Waals surface area contributed by atoms with Crippen molar-refractivity contribution in [3.63, 3.8) is 0 Å². The molecule has 5 aromatic rings. The Kier molecular flexibility index (Phi) is 11.7. The summed E-state index contributed by atoms with van der Waals surface area (Å²) in [7, 11) is 0. The van der Waals surface area contributed by atoms with Gasteiger partial charge in [-0.05, 0) is 89.9 Å². The van der Waals surface area contributed by atoms with Gasteiger partial charge in [-0.25, -0.2) is 9.37 Å². The van der Waals surface area contributed by atoms with Crippen LogP contribution in [0.4, 0.5) is 4.39 Å². The van der Waals surface area contributed by atoms with E-state index in [0.29, 0.717) is 54.5 Å². The summed E-state index contributed by atoms with van der Waals surface area (Å²) in [5.41, 5.74) is 4.87. The first-order valence-electron chi connectivity index (χ1n) is 16.5. The lowest BCUT2D eigenvalue weighted by molar-refractivity contribution is -0.127. The zero-order valence-corrected chi connectivity index (χ0v) is 28.6. The number of ether oxygens (including phenoxy) is 3. The second-order valence-corrected chi connectivity index (χ2v) is 12.4. The highest BCUT2D eigenvalue weighted by molar-refractivity contribution is 6.32. The second kappa shape index (κ2) is 16.9. The van der Waals surface area contributed by atoms with Crippen LogP contribution in [0.15, 0.2) is 109 Å². The number of pyridine rings is 2. The van der Waals surface area contributed by atoms with Crippen LogP contribution in [0, 0.1) is 12.7 Å². The number of aromatic nitrogens is 2. The molecule has 3 aromatic carbocycles. The molecule has 1 amide bonds. The van der Waals surface area contributed by atoms with Gasteiger partial charge in [-0.1, -0.05) is 41.9 Å². The van der Waals surface area contributed by atoms with Gasteiger partial charge >= 0.3 is 0 Å². The van der Waals surface area contributed by atoms with E-state index >= 15 is 0 Å². The lowest BCUT2D eigenvalue weighted by Crippen LogP contribution is -2.47. The van der Waals surface area contributed by atoms with E-state index < -0.39 is 0 Å². The van der Waals surface area contributed by atoms with Gasteiger partial charge in [-0.2, -0.15) is 0 Å². The van der Waals surface area contributed by atoms with Crippen LogP contribution in [-0.2, 0) is 24.4 Å². The standard InChI is InChI=1S/C40H38ClFN4O4/c1-29-24-32(25-37(41)40(29)50-38-15-14-36(26-44-38)49-28-34-4-2-3-18-43-34)9-16-39(47)46-21-19-45(20-22-46)27-31-7-5-30(6-8-31)17-23-48-35-12-10-33(42)11-13-35/h2-16,18,24-26H,17,19-23,27-28H2,1H3/b16-9+. The summed E-state index contributed by atoms with van der Waals surface area (Å²) in [6.07, 6.45) is 7.48. The van der Waals surface area contributed by atoms with E-state index in [1.54, 1.807) is 54.9 Å². The smallest absolute Gasteiger partial charge is 0.246 e. The maximum Gasteiger partial charge on any atom is 0.246 e. The van der Waals surface area contributed by atoms with Gasteiger partial charge < -0.3 is 19.1 Å². The summed E-state index contributed by atoms with van der Waals surface area (Å²) < 4.78 is 30.5. The number of hydrogen-bond acceptors (Lipinski definition) is 7. The Morgan fingerprint density at radius 2 is 1.64 bits per heavy atom. The average Bonchev–Trinajstić information content (AvgIpc) is 3.14. The molecule has 50 heavy (non-hydrogen) atoms. The molecule has 0 atom stereocenters. The highest BCUT2D eigenvalue weighted by Crippen LogP contribution is 2.34. The minimum Gasteiger partial charge on any atom is -0.493 e. The number of nitrogens with zero attached hydrogens (tertiary/aromatic N) is 4. The largest absolute Gasteiger partial charge is 0.493 e. The monoisotopic (exact) mass is 692 g/mol. The van der Waals surface area contributed by atoms with Gasteiger partial charge in [0.2, 0.25) is 11.8 Å². The van der Waals surface area contributed by atoms with Gasteiger partial charge in [0.05, 0.1) is 23.5 Å². The number of carbonyl (C=O) groups excluding carboxylic acids is 1. The fourth-order valence-corrected chi connectivity index (χ4v) is 5.84. The maximum atomic E-state index is 13.1. The molecule has 0 unspecified atom stereocenters. The Morgan fingerprint density at radius 3 is 2.34 bits per heavy atom.